The molecule has 0 spiro atoms. The minimum Gasteiger partial charge on any atom is -0.444 e. The van der Waals surface area contributed by atoms with Gasteiger partial charge in [-0.1, -0.05) is 6.92 Å². The molecule has 1 aliphatic carbocycles. The van der Waals surface area contributed by atoms with E-state index in [1.54, 1.807) is 11.9 Å². The maximum atomic E-state index is 12.0. The third-order valence-corrected chi connectivity index (χ3v) is 3.94. The van der Waals surface area contributed by atoms with Crippen molar-refractivity contribution in [3.8, 4) is 0 Å². The molecule has 3 unspecified atom stereocenters. The molecule has 1 aliphatic rings. The largest absolute Gasteiger partial charge is 0.444 e. The monoisotopic (exact) mass is 454 g/mol. The zero-order valence-electron chi connectivity index (χ0n) is 16.2. The highest BCUT2D eigenvalue weighted by molar-refractivity contribution is 14.0. The number of ether oxygens (including phenoxy) is 1. The van der Waals surface area contributed by atoms with Crippen molar-refractivity contribution in [1.29, 1.82) is 0 Å². The molecule has 0 aromatic rings. The molecule has 6 nitrogen and oxygen atoms in total. The number of nitrogens with one attached hydrogen (secondary N) is 2. The number of carbonyl (C=O) groups excluding carboxylic acids is 1. The van der Waals surface area contributed by atoms with Gasteiger partial charge in [0, 0.05) is 32.2 Å². The first-order valence-corrected chi connectivity index (χ1v) is 8.64. The maximum Gasteiger partial charge on any atom is 0.410 e. The van der Waals surface area contributed by atoms with Crippen molar-refractivity contribution in [3.63, 3.8) is 0 Å². The highest BCUT2D eigenvalue weighted by Gasteiger charge is 2.33. The molecule has 0 saturated heterocycles. The fourth-order valence-electron chi connectivity index (χ4n) is 2.09. The van der Waals surface area contributed by atoms with Crippen LogP contribution in [0.1, 0.15) is 54.4 Å². The molecule has 142 valence electrons. The van der Waals surface area contributed by atoms with Crippen LogP contribution in [-0.4, -0.2) is 54.8 Å². The standard InChI is InChI=1S/C17H34N4O2.HI/c1-8-18-15(20-14-11-12(14)2)19-10-9-13(3)21(7)16(22)23-17(4,5)6;/h12-14H,8-11H2,1-7H3,(H2,18,19,20);1H. The maximum absolute atomic E-state index is 12.0. The first-order chi connectivity index (χ1) is 10.6. The normalized spacial score (nSPS) is 21.4. The second-order valence-corrected chi connectivity index (χ2v) is 7.45. The van der Waals surface area contributed by atoms with Crippen LogP contribution < -0.4 is 10.6 Å². The summed E-state index contributed by atoms with van der Waals surface area (Å²) in [5.74, 6) is 1.60. The highest BCUT2D eigenvalue weighted by atomic mass is 127. The van der Waals surface area contributed by atoms with E-state index in [0.717, 1.165) is 24.8 Å². The Kier molecular flexibility index (Phi) is 9.99. The van der Waals surface area contributed by atoms with Crippen LogP contribution in [0.5, 0.6) is 0 Å². The summed E-state index contributed by atoms with van der Waals surface area (Å²) in [7, 11) is 1.78. The lowest BCUT2D eigenvalue weighted by molar-refractivity contribution is 0.0231. The smallest absolute Gasteiger partial charge is 0.410 e. The number of carbonyl (C=O) groups is 1. The van der Waals surface area contributed by atoms with Gasteiger partial charge in [0.05, 0.1) is 0 Å². The molecule has 1 fully saturated rings. The first kappa shape index (κ1) is 23.3. The van der Waals surface area contributed by atoms with Crippen LogP contribution in [0.3, 0.4) is 0 Å². The van der Waals surface area contributed by atoms with E-state index in [9.17, 15) is 4.79 Å². The van der Waals surface area contributed by atoms with E-state index in [1.807, 2.05) is 27.7 Å². The topological polar surface area (TPSA) is 66.0 Å². The number of nitrogens with zero attached hydrogens (tertiary/aromatic N) is 2. The molecule has 0 bridgehead atoms. The van der Waals surface area contributed by atoms with Gasteiger partial charge in [-0.15, -0.1) is 24.0 Å². The number of hydrogen-bond acceptors (Lipinski definition) is 3. The molecule has 1 saturated carbocycles. The molecule has 0 aromatic heterocycles. The molecular weight excluding hydrogens is 419 g/mol. The average Bonchev–Trinajstić information content (AvgIpc) is 3.11. The first-order valence-electron chi connectivity index (χ1n) is 8.64. The molecule has 0 aliphatic heterocycles. The van der Waals surface area contributed by atoms with Crippen molar-refractivity contribution >= 4 is 36.0 Å². The number of hydrogen-bond donors (Lipinski definition) is 2. The fourth-order valence-corrected chi connectivity index (χ4v) is 2.09. The zero-order valence-corrected chi connectivity index (χ0v) is 18.5. The Bertz CT molecular complexity index is 423. The Morgan fingerprint density at radius 3 is 2.46 bits per heavy atom. The van der Waals surface area contributed by atoms with E-state index in [2.05, 4.69) is 29.5 Å². The number of aliphatic imine (C=N–C) groups is 1. The van der Waals surface area contributed by atoms with Gasteiger partial charge < -0.3 is 20.3 Å². The lowest BCUT2D eigenvalue weighted by Gasteiger charge is -2.28. The van der Waals surface area contributed by atoms with Gasteiger partial charge in [0.1, 0.15) is 5.60 Å². The van der Waals surface area contributed by atoms with Gasteiger partial charge in [0.2, 0.25) is 0 Å². The predicted molar refractivity (Wildman–Crippen MR) is 110 cm³/mol. The zero-order chi connectivity index (χ0) is 17.6. The van der Waals surface area contributed by atoms with Gasteiger partial charge >= 0.3 is 6.09 Å². The summed E-state index contributed by atoms with van der Waals surface area (Å²) in [5, 5.41) is 6.70. The summed E-state index contributed by atoms with van der Waals surface area (Å²) in [4.78, 5) is 18.3. The van der Waals surface area contributed by atoms with Gasteiger partial charge in [-0.05, 0) is 53.4 Å². The SMILES string of the molecule is CCNC(=NCCC(C)N(C)C(=O)OC(C)(C)C)NC1CC1C.I. The molecule has 0 radical (unpaired) electrons. The molecule has 1 rings (SSSR count). The van der Waals surface area contributed by atoms with E-state index in [1.165, 1.54) is 6.42 Å². The Balaban J connectivity index is 0.00000529. The van der Waals surface area contributed by atoms with Crippen LogP contribution in [0.2, 0.25) is 0 Å². The molecule has 0 aromatic carbocycles. The molecule has 2 N–H and O–H groups in total. The van der Waals surface area contributed by atoms with Crippen molar-refractivity contribution in [2.45, 2.75) is 72.1 Å². The second kappa shape index (κ2) is 10.3. The van der Waals surface area contributed by atoms with Crippen LogP contribution in [0, 0.1) is 5.92 Å². The third-order valence-electron chi connectivity index (χ3n) is 3.94. The Morgan fingerprint density at radius 1 is 1.42 bits per heavy atom. The van der Waals surface area contributed by atoms with Crippen molar-refractivity contribution in [3.05, 3.63) is 0 Å². The van der Waals surface area contributed by atoms with Crippen LogP contribution in [0.4, 0.5) is 4.79 Å². The predicted octanol–water partition coefficient (Wildman–Crippen LogP) is 3.21. The van der Waals surface area contributed by atoms with Crippen molar-refractivity contribution in [2.75, 3.05) is 20.1 Å². The van der Waals surface area contributed by atoms with E-state index in [0.29, 0.717) is 12.6 Å². The quantitative estimate of drug-likeness (QED) is 0.368. The van der Waals surface area contributed by atoms with Gasteiger partial charge in [0.15, 0.2) is 5.96 Å². The summed E-state index contributed by atoms with van der Waals surface area (Å²) >= 11 is 0. The van der Waals surface area contributed by atoms with Crippen LogP contribution in [0.15, 0.2) is 4.99 Å². The molecule has 24 heavy (non-hydrogen) atoms. The fraction of sp³-hybridized carbons (Fsp3) is 0.882. The molecule has 1 amide bonds. The highest BCUT2D eigenvalue weighted by Crippen LogP contribution is 2.28. The minimum absolute atomic E-state index is 0. The Labute approximate surface area is 164 Å². The van der Waals surface area contributed by atoms with E-state index >= 15 is 0 Å². The van der Waals surface area contributed by atoms with Gasteiger partial charge in [-0.2, -0.15) is 0 Å². The lowest BCUT2D eigenvalue weighted by Crippen LogP contribution is -2.41. The van der Waals surface area contributed by atoms with Gasteiger partial charge in [0.25, 0.3) is 0 Å². The molecular formula is C17H35IN4O2. The van der Waals surface area contributed by atoms with Crippen molar-refractivity contribution in [1.82, 2.24) is 15.5 Å². The van der Waals surface area contributed by atoms with Crippen molar-refractivity contribution in [2.24, 2.45) is 10.9 Å². The van der Waals surface area contributed by atoms with Crippen LogP contribution in [-0.2, 0) is 4.74 Å². The van der Waals surface area contributed by atoms with E-state index in [4.69, 9.17) is 4.74 Å². The second-order valence-electron chi connectivity index (χ2n) is 7.45. The van der Waals surface area contributed by atoms with E-state index in [-0.39, 0.29) is 36.1 Å². The summed E-state index contributed by atoms with van der Waals surface area (Å²) in [5.41, 5.74) is -0.466. The number of amides is 1. The summed E-state index contributed by atoms with van der Waals surface area (Å²) < 4.78 is 5.39. The summed E-state index contributed by atoms with van der Waals surface area (Å²) in [6.45, 7) is 13.5. The van der Waals surface area contributed by atoms with Gasteiger partial charge in [-0.3, -0.25) is 4.99 Å². The van der Waals surface area contributed by atoms with E-state index < -0.39 is 5.60 Å². The Hall–Kier alpha value is -0.730. The number of rotatable bonds is 6. The van der Waals surface area contributed by atoms with Gasteiger partial charge in [-0.25, -0.2) is 4.79 Å². The summed E-state index contributed by atoms with van der Waals surface area (Å²) in [6.07, 6.45) is 1.72. The molecule has 7 heteroatoms. The third kappa shape index (κ3) is 8.94. The van der Waals surface area contributed by atoms with Crippen molar-refractivity contribution < 1.29 is 9.53 Å². The van der Waals surface area contributed by atoms with Crippen LogP contribution >= 0.6 is 24.0 Å². The number of halogens is 1. The minimum atomic E-state index is -0.466. The molecule has 0 heterocycles. The van der Waals surface area contributed by atoms with Crippen LogP contribution in [0.25, 0.3) is 0 Å². The number of guanidine groups is 1. The molecule has 3 atom stereocenters. The summed E-state index contributed by atoms with van der Waals surface area (Å²) in [6, 6.07) is 0.631. The average molecular weight is 454 g/mol. The Morgan fingerprint density at radius 2 is 2.00 bits per heavy atom. The lowest BCUT2D eigenvalue weighted by atomic mass is 10.2.